The molecule has 3 nitrogen and oxygen atoms in total. The number of nitrogens with one attached hydrogen (secondary N) is 1. The highest BCUT2D eigenvalue weighted by molar-refractivity contribution is 5.93. The highest BCUT2D eigenvalue weighted by Crippen LogP contribution is 2.32. The predicted octanol–water partition coefficient (Wildman–Crippen LogP) is 6.38. The quantitative estimate of drug-likeness (QED) is 0.616. The van der Waals surface area contributed by atoms with E-state index in [0.29, 0.717) is 17.8 Å². The molecule has 0 heterocycles. The predicted molar refractivity (Wildman–Crippen MR) is 114 cm³/mol. The maximum Gasteiger partial charge on any atom is 0.262 e. The van der Waals surface area contributed by atoms with E-state index < -0.39 is 0 Å². The van der Waals surface area contributed by atoms with E-state index in [9.17, 15) is 4.79 Å². The lowest BCUT2D eigenvalue weighted by Crippen LogP contribution is -2.22. The molecule has 0 spiro atoms. The highest BCUT2D eigenvalue weighted by Gasteiger charge is 2.17. The average Bonchev–Trinajstić information content (AvgIpc) is 2.59. The largest absolute Gasteiger partial charge is 0.483 e. The number of anilines is 1. The van der Waals surface area contributed by atoms with Crippen LogP contribution in [0.4, 0.5) is 5.69 Å². The van der Waals surface area contributed by atoms with E-state index in [1.165, 1.54) is 0 Å². The van der Waals surface area contributed by atoms with Gasteiger partial charge in [0.1, 0.15) is 5.75 Å². The number of ether oxygens (including phenoxy) is 1. The summed E-state index contributed by atoms with van der Waals surface area (Å²) >= 11 is 0. The van der Waals surface area contributed by atoms with Crippen molar-refractivity contribution in [2.75, 3.05) is 11.9 Å². The number of aryl methyl sites for hydroxylation is 1. The molecular weight excluding hydrogens is 334 g/mol. The van der Waals surface area contributed by atoms with Crippen LogP contribution < -0.4 is 10.1 Å². The Kier molecular flexibility index (Phi) is 7.06. The summed E-state index contributed by atoms with van der Waals surface area (Å²) in [5.74, 6) is 1.69. The number of hydrogen-bond donors (Lipinski definition) is 1. The second kappa shape index (κ2) is 9.07. The minimum Gasteiger partial charge on any atom is -0.483 e. The van der Waals surface area contributed by atoms with Crippen LogP contribution in [0, 0.1) is 6.92 Å². The van der Waals surface area contributed by atoms with Gasteiger partial charge in [-0.05, 0) is 53.0 Å². The van der Waals surface area contributed by atoms with E-state index in [4.69, 9.17) is 4.74 Å². The van der Waals surface area contributed by atoms with E-state index >= 15 is 0 Å². The second-order valence-electron chi connectivity index (χ2n) is 8.15. The van der Waals surface area contributed by atoms with Crippen LogP contribution >= 0.6 is 0 Å². The van der Waals surface area contributed by atoms with E-state index in [-0.39, 0.29) is 12.5 Å². The molecule has 0 bridgehead atoms. The minimum atomic E-state index is -0.124. The SMILES string of the molecule is Cc1ccc(C(C)C)c(OCC(=O)Nc2c(C(C)C)cccc2C(C)C)c1. The van der Waals surface area contributed by atoms with Gasteiger partial charge in [0, 0.05) is 5.69 Å². The third-order valence-electron chi connectivity index (χ3n) is 4.79. The van der Waals surface area contributed by atoms with Crippen molar-refractivity contribution in [1.29, 1.82) is 0 Å². The highest BCUT2D eigenvalue weighted by atomic mass is 16.5. The monoisotopic (exact) mass is 367 g/mol. The van der Waals surface area contributed by atoms with Gasteiger partial charge in [0.15, 0.2) is 6.61 Å². The smallest absolute Gasteiger partial charge is 0.262 e. The first-order valence-electron chi connectivity index (χ1n) is 9.86. The van der Waals surface area contributed by atoms with Gasteiger partial charge in [0.2, 0.25) is 0 Å². The van der Waals surface area contributed by atoms with Crippen LogP contribution in [0.15, 0.2) is 36.4 Å². The van der Waals surface area contributed by atoms with Crippen LogP contribution in [0.25, 0.3) is 0 Å². The van der Waals surface area contributed by atoms with Crippen LogP contribution in [0.2, 0.25) is 0 Å². The summed E-state index contributed by atoms with van der Waals surface area (Å²) < 4.78 is 5.90. The molecule has 0 saturated heterocycles. The van der Waals surface area contributed by atoms with Crippen LogP contribution in [0.1, 0.15) is 81.5 Å². The van der Waals surface area contributed by atoms with Crippen LogP contribution in [-0.2, 0) is 4.79 Å². The number of carbonyl (C=O) groups excluding carboxylic acids is 1. The molecule has 3 heteroatoms. The first-order valence-corrected chi connectivity index (χ1v) is 9.86. The fraction of sp³-hybridized carbons (Fsp3) is 0.458. The normalized spacial score (nSPS) is 11.3. The second-order valence-corrected chi connectivity index (χ2v) is 8.15. The van der Waals surface area contributed by atoms with Crippen molar-refractivity contribution in [3.05, 3.63) is 58.7 Å². The number of amides is 1. The van der Waals surface area contributed by atoms with E-state index in [1.54, 1.807) is 0 Å². The fourth-order valence-electron chi connectivity index (χ4n) is 3.26. The number of rotatable bonds is 7. The lowest BCUT2D eigenvalue weighted by atomic mass is 9.92. The van der Waals surface area contributed by atoms with Gasteiger partial charge in [-0.1, -0.05) is 71.9 Å². The molecule has 0 unspecified atom stereocenters. The van der Waals surface area contributed by atoms with Gasteiger partial charge in [-0.25, -0.2) is 0 Å². The summed E-state index contributed by atoms with van der Waals surface area (Å²) in [5.41, 5.74) is 5.51. The zero-order valence-electron chi connectivity index (χ0n) is 17.7. The molecule has 2 aromatic rings. The molecule has 0 fully saturated rings. The Morgan fingerprint density at radius 2 is 1.44 bits per heavy atom. The molecule has 0 saturated carbocycles. The Bertz CT molecular complexity index is 765. The standard InChI is InChI=1S/C24H33NO2/c1-15(2)19-12-11-18(7)13-22(19)27-14-23(26)25-24-20(16(3)4)9-8-10-21(24)17(5)6/h8-13,15-17H,14H2,1-7H3,(H,25,26). The van der Waals surface area contributed by atoms with Crippen molar-refractivity contribution in [2.24, 2.45) is 0 Å². The average molecular weight is 368 g/mol. The fourth-order valence-corrected chi connectivity index (χ4v) is 3.26. The van der Waals surface area contributed by atoms with E-state index in [2.05, 4.69) is 77.2 Å². The molecule has 0 aliphatic rings. The topological polar surface area (TPSA) is 38.3 Å². The Balaban J connectivity index is 2.19. The molecule has 0 aliphatic carbocycles. The van der Waals surface area contributed by atoms with E-state index in [0.717, 1.165) is 33.7 Å². The van der Waals surface area contributed by atoms with Gasteiger partial charge in [-0.15, -0.1) is 0 Å². The zero-order chi connectivity index (χ0) is 20.1. The number of hydrogen-bond acceptors (Lipinski definition) is 2. The summed E-state index contributed by atoms with van der Waals surface area (Å²) in [5, 5.41) is 3.11. The van der Waals surface area contributed by atoms with E-state index in [1.807, 2.05) is 13.0 Å². The Hall–Kier alpha value is -2.29. The molecular formula is C24H33NO2. The molecule has 27 heavy (non-hydrogen) atoms. The van der Waals surface area contributed by atoms with Crippen molar-refractivity contribution in [2.45, 2.75) is 66.2 Å². The van der Waals surface area contributed by atoms with Crippen molar-refractivity contribution in [3.63, 3.8) is 0 Å². The van der Waals surface area contributed by atoms with Crippen LogP contribution in [0.3, 0.4) is 0 Å². The molecule has 2 rings (SSSR count). The molecule has 0 radical (unpaired) electrons. The summed E-state index contributed by atoms with van der Waals surface area (Å²) in [6.45, 7) is 14.9. The van der Waals surface area contributed by atoms with Gasteiger partial charge < -0.3 is 10.1 Å². The van der Waals surface area contributed by atoms with Crippen LogP contribution in [-0.4, -0.2) is 12.5 Å². The third kappa shape index (κ3) is 5.35. The van der Waals surface area contributed by atoms with Crippen molar-refractivity contribution in [1.82, 2.24) is 0 Å². The Morgan fingerprint density at radius 3 is 1.96 bits per heavy atom. The summed E-state index contributed by atoms with van der Waals surface area (Å²) in [4.78, 5) is 12.7. The maximum absolute atomic E-state index is 12.7. The minimum absolute atomic E-state index is 0.00708. The maximum atomic E-state index is 12.7. The first-order chi connectivity index (χ1) is 12.7. The summed E-state index contributed by atoms with van der Waals surface area (Å²) in [6, 6.07) is 12.4. The molecule has 0 aliphatic heterocycles. The molecule has 1 amide bonds. The van der Waals surface area contributed by atoms with Gasteiger partial charge in [-0.2, -0.15) is 0 Å². The molecule has 0 atom stereocenters. The van der Waals surface area contributed by atoms with Crippen molar-refractivity contribution < 1.29 is 9.53 Å². The summed E-state index contributed by atoms with van der Waals surface area (Å²) in [6.07, 6.45) is 0. The third-order valence-corrected chi connectivity index (χ3v) is 4.79. The van der Waals surface area contributed by atoms with Crippen molar-refractivity contribution in [3.8, 4) is 5.75 Å². The molecule has 2 aromatic carbocycles. The van der Waals surface area contributed by atoms with Gasteiger partial charge in [0.05, 0.1) is 0 Å². The number of benzene rings is 2. The zero-order valence-corrected chi connectivity index (χ0v) is 17.7. The molecule has 146 valence electrons. The van der Waals surface area contributed by atoms with Gasteiger partial charge >= 0.3 is 0 Å². The molecule has 0 aromatic heterocycles. The van der Waals surface area contributed by atoms with Gasteiger partial charge in [0.25, 0.3) is 5.91 Å². The first kappa shape index (κ1) is 21.0. The number of para-hydroxylation sites is 1. The molecule has 1 N–H and O–H groups in total. The van der Waals surface area contributed by atoms with Crippen molar-refractivity contribution >= 4 is 11.6 Å². The number of carbonyl (C=O) groups is 1. The Labute approximate surface area is 164 Å². The van der Waals surface area contributed by atoms with Crippen LogP contribution in [0.5, 0.6) is 5.75 Å². The lowest BCUT2D eigenvalue weighted by molar-refractivity contribution is -0.118. The Morgan fingerprint density at radius 1 is 0.889 bits per heavy atom. The lowest BCUT2D eigenvalue weighted by Gasteiger charge is -2.20. The summed E-state index contributed by atoms with van der Waals surface area (Å²) in [7, 11) is 0. The van der Waals surface area contributed by atoms with Gasteiger partial charge in [-0.3, -0.25) is 4.79 Å².